The standard InChI is InChI=1S/C23H29N3O2/c1-17-21(24-16-28-17)22(27)25-11-9-23(10-12-25)13-19(18-5-3-2-4-6-18)14-26(15-23)20-7-8-20/h2-6,16,19-20H,7-15H2,1H3/t19-/m1/s1. The molecule has 5 heteroatoms. The van der Waals surface area contributed by atoms with Crippen LogP contribution in [0, 0.1) is 12.3 Å². The molecule has 2 saturated heterocycles. The molecule has 1 atom stereocenters. The van der Waals surface area contributed by atoms with Gasteiger partial charge in [-0.15, -0.1) is 0 Å². The van der Waals surface area contributed by atoms with E-state index in [9.17, 15) is 4.79 Å². The number of oxazole rings is 1. The smallest absolute Gasteiger partial charge is 0.276 e. The van der Waals surface area contributed by atoms with Crippen LogP contribution in [0.2, 0.25) is 0 Å². The molecule has 1 spiro atoms. The van der Waals surface area contributed by atoms with Gasteiger partial charge >= 0.3 is 0 Å². The molecule has 0 bridgehead atoms. The van der Waals surface area contributed by atoms with E-state index in [4.69, 9.17) is 4.42 Å². The van der Waals surface area contributed by atoms with Gasteiger partial charge in [-0.25, -0.2) is 4.98 Å². The topological polar surface area (TPSA) is 49.6 Å². The van der Waals surface area contributed by atoms with Gasteiger partial charge in [-0.05, 0) is 55.9 Å². The van der Waals surface area contributed by atoms with Crippen LogP contribution in [0.25, 0.3) is 0 Å². The van der Waals surface area contributed by atoms with Gasteiger partial charge in [0, 0.05) is 32.2 Å². The Morgan fingerprint density at radius 1 is 1.18 bits per heavy atom. The predicted molar refractivity (Wildman–Crippen MR) is 107 cm³/mol. The second-order valence-corrected chi connectivity index (χ2v) is 9.02. The minimum Gasteiger partial charge on any atom is -0.448 e. The Balaban J connectivity index is 1.32. The number of hydrogen-bond donors (Lipinski definition) is 0. The monoisotopic (exact) mass is 379 g/mol. The van der Waals surface area contributed by atoms with Gasteiger partial charge in [0.25, 0.3) is 5.91 Å². The summed E-state index contributed by atoms with van der Waals surface area (Å²) in [6.45, 7) is 5.85. The van der Waals surface area contributed by atoms with Gasteiger partial charge in [-0.3, -0.25) is 9.69 Å². The number of carbonyl (C=O) groups is 1. The zero-order chi connectivity index (χ0) is 19.1. The van der Waals surface area contributed by atoms with Crippen LogP contribution in [-0.4, -0.2) is 52.9 Å². The third kappa shape index (κ3) is 3.37. The number of nitrogens with zero attached hydrogens (tertiary/aromatic N) is 3. The van der Waals surface area contributed by atoms with Crippen LogP contribution in [0.3, 0.4) is 0 Å². The molecular weight excluding hydrogens is 350 g/mol. The summed E-state index contributed by atoms with van der Waals surface area (Å²) in [5.74, 6) is 1.25. The molecule has 1 aromatic heterocycles. The maximum atomic E-state index is 12.8. The molecule has 3 aliphatic rings. The van der Waals surface area contributed by atoms with E-state index < -0.39 is 0 Å². The first-order chi connectivity index (χ1) is 13.6. The summed E-state index contributed by atoms with van der Waals surface area (Å²) in [5, 5.41) is 0. The van der Waals surface area contributed by atoms with E-state index in [-0.39, 0.29) is 5.91 Å². The maximum absolute atomic E-state index is 12.8. The lowest BCUT2D eigenvalue weighted by Gasteiger charge is -2.50. The fourth-order valence-corrected chi connectivity index (χ4v) is 5.30. The zero-order valence-corrected chi connectivity index (χ0v) is 16.6. The van der Waals surface area contributed by atoms with Crippen molar-refractivity contribution in [3.05, 3.63) is 53.7 Å². The van der Waals surface area contributed by atoms with Crippen molar-refractivity contribution in [1.29, 1.82) is 0 Å². The molecule has 1 saturated carbocycles. The van der Waals surface area contributed by atoms with E-state index in [0.717, 1.165) is 32.0 Å². The zero-order valence-electron chi connectivity index (χ0n) is 16.6. The Hall–Kier alpha value is -2.14. The SMILES string of the molecule is Cc1ocnc1C(=O)N1CCC2(CC1)C[C@@H](c1ccccc1)CN(C1CC1)C2. The molecule has 0 radical (unpaired) electrons. The molecular formula is C23H29N3O2. The number of aryl methyl sites for hydroxylation is 1. The van der Waals surface area contributed by atoms with Crippen molar-refractivity contribution in [2.24, 2.45) is 5.41 Å². The number of carbonyl (C=O) groups excluding carboxylic acids is 1. The fourth-order valence-electron chi connectivity index (χ4n) is 5.30. The molecule has 28 heavy (non-hydrogen) atoms. The van der Waals surface area contributed by atoms with Crippen LogP contribution < -0.4 is 0 Å². The van der Waals surface area contributed by atoms with Crippen LogP contribution in [0.1, 0.15) is 59.8 Å². The number of benzene rings is 1. The average molecular weight is 380 g/mol. The summed E-state index contributed by atoms with van der Waals surface area (Å²) in [5.41, 5.74) is 2.28. The molecule has 1 aromatic carbocycles. The van der Waals surface area contributed by atoms with Gasteiger partial charge in [0.15, 0.2) is 12.1 Å². The summed E-state index contributed by atoms with van der Waals surface area (Å²) in [6.07, 6.45) is 7.49. The van der Waals surface area contributed by atoms with Crippen molar-refractivity contribution in [1.82, 2.24) is 14.8 Å². The van der Waals surface area contributed by atoms with Crippen LogP contribution in [0.15, 0.2) is 41.1 Å². The van der Waals surface area contributed by atoms with Crippen LogP contribution in [0.4, 0.5) is 0 Å². The lowest BCUT2D eigenvalue weighted by molar-refractivity contribution is 0.0109. The number of piperidine rings is 2. The first kappa shape index (κ1) is 17.9. The van der Waals surface area contributed by atoms with Gasteiger partial charge in [-0.1, -0.05) is 30.3 Å². The summed E-state index contributed by atoms with van der Waals surface area (Å²) in [4.78, 5) is 21.7. The normalized spacial score (nSPS) is 25.2. The summed E-state index contributed by atoms with van der Waals surface area (Å²) in [6, 6.07) is 11.8. The van der Waals surface area contributed by atoms with Crippen molar-refractivity contribution in [3.63, 3.8) is 0 Å². The predicted octanol–water partition coefficient (Wildman–Crippen LogP) is 3.86. The minimum absolute atomic E-state index is 0.0237. The van der Waals surface area contributed by atoms with E-state index in [0.29, 0.717) is 22.8 Å². The highest BCUT2D eigenvalue weighted by atomic mass is 16.3. The molecule has 0 unspecified atom stereocenters. The Kier molecular flexibility index (Phi) is 4.50. The van der Waals surface area contributed by atoms with Crippen molar-refractivity contribution in [2.75, 3.05) is 26.2 Å². The first-order valence-corrected chi connectivity index (χ1v) is 10.6. The first-order valence-electron chi connectivity index (χ1n) is 10.6. The van der Waals surface area contributed by atoms with Gasteiger partial charge < -0.3 is 9.32 Å². The van der Waals surface area contributed by atoms with Crippen molar-refractivity contribution < 1.29 is 9.21 Å². The number of rotatable bonds is 3. The van der Waals surface area contributed by atoms with E-state index in [2.05, 4.69) is 40.2 Å². The molecule has 3 fully saturated rings. The van der Waals surface area contributed by atoms with E-state index >= 15 is 0 Å². The van der Waals surface area contributed by atoms with Gasteiger partial charge in [0.2, 0.25) is 0 Å². The van der Waals surface area contributed by atoms with Gasteiger partial charge in [0.05, 0.1) is 0 Å². The van der Waals surface area contributed by atoms with Gasteiger partial charge in [-0.2, -0.15) is 0 Å². The molecule has 0 N–H and O–H groups in total. The third-order valence-corrected chi connectivity index (χ3v) is 7.07. The van der Waals surface area contributed by atoms with E-state index in [1.807, 2.05) is 11.8 Å². The second kappa shape index (κ2) is 7.03. The van der Waals surface area contributed by atoms with Gasteiger partial charge in [0.1, 0.15) is 5.76 Å². The number of aromatic nitrogens is 1. The van der Waals surface area contributed by atoms with Crippen molar-refractivity contribution in [2.45, 2.75) is 51.0 Å². The number of amides is 1. The highest BCUT2D eigenvalue weighted by molar-refractivity contribution is 5.93. The number of hydrogen-bond acceptors (Lipinski definition) is 4. The highest BCUT2D eigenvalue weighted by Gasteiger charge is 2.46. The average Bonchev–Trinajstić information content (AvgIpc) is 3.49. The Labute approximate surface area is 166 Å². The van der Waals surface area contributed by atoms with Crippen molar-refractivity contribution in [3.8, 4) is 0 Å². The number of likely N-dealkylation sites (tertiary alicyclic amines) is 2. The van der Waals surface area contributed by atoms with Crippen LogP contribution in [0.5, 0.6) is 0 Å². The van der Waals surface area contributed by atoms with Crippen molar-refractivity contribution >= 4 is 5.91 Å². The molecule has 2 aliphatic heterocycles. The Morgan fingerprint density at radius 2 is 1.93 bits per heavy atom. The largest absolute Gasteiger partial charge is 0.448 e. The van der Waals surface area contributed by atoms with E-state index in [1.54, 1.807) is 0 Å². The molecule has 5 nitrogen and oxygen atoms in total. The Morgan fingerprint density at radius 3 is 2.57 bits per heavy atom. The molecule has 1 aliphatic carbocycles. The maximum Gasteiger partial charge on any atom is 0.276 e. The van der Waals surface area contributed by atoms with Crippen LogP contribution in [-0.2, 0) is 0 Å². The third-order valence-electron chi connectivity index (χ3n) is 7.07. The minimum atomic E-state index is 0.0237. The molecule has 1 amide bonds. The lowest BCUT2D eigenvalue weighted by Crippen LogP contribution is -2.53. The highest BCUT2D eigenvalue weighted by Crippen LogP contribution is 2.47. The molecule has 3 heterocycles. The summed E-state index contributed by atoms with van der Waals surface area (Å²) >= 11 is 0. The molecule has 5 rings (SSSR count). The quantitative estimate of drug-likeness (QED) is 0.813. The molecule has 148 valence electrons. The Bertz CT molecular complexity index is 835. The fraction of sp³-hybridized carbons (Fsp3) is 0.565. The summed E-state index contributed by atoms with van der Waals surface area (Å²) < 4.78 is 5.23. The van der Waals surface area contributed by atoms with E-state index in [1.165, 1.54) is 44.3 Å². The lowest BCUT2D eigenvalue weighted by atomic mass is 9.68. The van der Waals surface area contributed by atoms with Crippen LogP contribution >= 0.6 is 0 Å². The second-order valence-electron chi connectivity index (χ2n) is 9.02. The summed E-state index contributed by atoms with van der Waals surface area (Å²) in [7, 11) is 0. The molecule has 2 aromatic rings.